The average Bonchev–Trinajstić information content (AvgIpc) is 3.37. The second-order valence-electron chi connectivity index (χ2n) is 8.04. The predicted octanol–water partition coefficient (Wildman–Crippen LogP) is 4.75. The van der Waals surface area contributed by atoms with Crippen molar-refractivity contribution >= 4 is 45.1 Å². The molecular formula is C28H17N5O3S. The van der Waals surface area contributed by atoms with Gasteiger partial charge in [0.1, 0.15) is 11.1 Å². The van der Waals surface area contributed by atoms with E-state index in [-0.39, 0.29) is 10.6 Å². The van der Waals surface area contributed by atoms with E-state index in [1.54, 1.807) is 36.8 Å². The van der Waals surface area contributed by atoms with Crippen molar-refractivity contribution in [2.45, 2.75) is 0 Å². The van der Waals surface area contributed by atoms with Gasteiger partial charge >= 0.3 is 5.63 Å². The van der Waals surface area contributed by atoms with Gasteiger partial charge in [-0.3, -0.25) is 9.78 Å². The second-order valence-corrected chi connectivity index (χ2v) is 9.00. The fraction of sp³-hybridized carbons (Fsp3) is 0. The van der Waals surface area contributed by atoms with Crippen molar-refractivity contribution in [1.29, 1.82) is 0 Å². The third-order valence-electron chi connectivity index (χ3n) is 5.68. The van der Waals surface area contributed by atoms with E-state index in [4.69, 9.17) is 4.42 Å². The fourth-order valence-electron chi connectivity index (χ4n) is 3.92. The molecule has 9 heteroatoms. The largest absolute Gasteiger partial charge is 0.422 e. The summed E-state index contributed by atoms with van der Waals surface area (Å²) in [5.41, 5.74) is 1.08. The summed E-state index contributed by atoms with van der Waals surface area (Å²) in [6.07, 6.45) is 4.90. The Hall–Kier alpha value is -5.02. The van der Waals surface area contributed by atoms with E-state index in [9.17, 15) is 9.59 Å². The Morgan fingerprint density at radius 3 is 2.62 bits per heavy atom. The van der Waals surface area contributed by atoms with Gasteiger partial charge in [-0.15, -0.1) is 5.10 Å². The third-order valence-corrected chi connectivity index (χ3v) is 6.57. The summed E-state index contributed by atoms with van der Waals surface area (Å²) in [6.45, 7) is 0. The van der Waals surface area contributed by atoms with Gasteiger partial charge in [0.15, 0.2) is 5.01 Å². The highest BCUT2D eigenvalue weighted by molar-refractivity contribution is 7.11. The number of aromatic nitrogens is 3. The van der Waals surface area contributed by atoms with Gasteiger partial charge in [-0.25, -0.2) is 9.48 Å². The summed E-state index contributed by atoms with van der Waals surface area (Å²) in [5.74, 6) is -0.545. The molecule has 0 unspecified atom stereocenters. The van der Waals surface area contributed by atoms with Crippen LogP contribution in [0.5, 0.6) is 0 Å². The van der Waals surface area contributed by atoms with E-state index in [0.717, 1.165) is 27.7 Å². The smallest absolute Gasteiger partial charge is 0.347 e. The number of para-hydroxylation sites is 1. The SMILES string of the molecule is O=C(c1nn(-c2ccccc2)/c(=N/N=C/c2cccnc2)s1)c1cc2c(ccc3ccccc32)oc1=O. The van der Waals surface area contributed by atoms with Crippen molar-refractivity contribution < 1.29 is 9.21 Å². The molecule has 8 nitrogen and oxygen atoms in total. The Balaban J connectivity index is 1.47. The van der Waals surface area contributed by atoms with Gasteiger partial charge in [-0.2, -0.15) is 10.2 Å². The molecule has 0 saturated heterocycles. The maximum absolute atomic E-state index is 13.5. The molecule has 0 atom stereocenters. The number of fused-ring (bicyclic) bond motifs is 3. The number of carbonyl (C=O) groups excluding carboxylic acids is 1. The summed E-state index contributed by atoms with van der Waals surface area (Å²) in [6, 6.07) is 25.8. The van der Waals surface area contributed by atoms with Gasteiger partial charge in [0.05, 0.1) is 11.9 Å². The zero-order chi connectivity index (χ0) is 25.2. The van der Waals surface area contributed by atoms with Gasteiger partial charge in [-0.1, -0.05) is 65.9 Å². The molecule has 6 rings (SSSR count). The molecule has 0 bridgehead atoms. The van der Waals surface area contributed by atoms with Crippen molar-refractivity contribution in [1.82, 2.24) is 14.8 Å². The van der Waals surface area contributed by atoms with Crippen LogP contribution in [0.4, 0.5) is 0 Å². The first-order chi connectivity index (χ1) is 18.2. The van der Waals surface area contributed by atoms with Crippen molar-refractivity contribution in [2.75, 3.05) is 0 Å². The van der Waals surface area contributed by atoms with Gasteiger partial charge in [-0.05, 0) is 41.1 Å². The normalized spacial score (nSPS) is 12.1. The highest BCUT2D eigenvalue weighted by atomic mass is 32.1. The first-order valence-corrected chi connectivity index (χ1v) is 12.1. The number of hydrogen-bond acceptors (Lipinski definition) is 8. The average molecular weight is 504 g/mol. The minimum absolute atomic E-state index is 0.0890. The molecule has 6 aromatic rings. The maximum Gasteiger partial charge on any atom is 0.347 e. The Bertz CT molecular complexity index is 1920. The first-order valence-electron chi connectivity index (χ1n) is 11.3. The number of ketones is 1. The monoisotopic (exact) mass is 503 g/mol. The molecule has 0 spiro atoms. The van der Waals surface area contributed by atoms with Gasteiger partial charge in [0, 0.05) is 23.3 Å². The van der Waals surface area contributed by atoms with E-state index in [1.165, 1.54) is 4.68 Å². The number of nitrogens with zero attached hydrogens (tertiary/aromatic N) is 5. The molecule has 0 aliphatic carbocycles. The third kappa shape index (κ3) is 4.39. The Kier molecular flexibility index (Phi) is 5.80. The lowest BCUT2D eigenvalue weighted by Gasteiger charge is -2.04. The second kappa shape index (κ2) is 9.56. The molecule has 3 heterocycles. The number of benzene rings is 3. The van der Waals surface area contributed by atoms with Crippen LogP contribution >= 0.6 is 11.3 Å². The lowest BCUT2D eigenvalue weighted by molar-refractivity contribution is 0.103. The number of pyridine rings is 1. The van der Waals surface area contributed by atoms with E-state index in [2.05, 4.69) is 20.3 Å². The van der Waals surface area contributed by atoms with Gasteiger partial charge in [0.25, 0.3) is 0 Å². The standard InChI is InChI=1S/C28H17N5O3S/c34-25(23-15-22-21-11-5-4-8-19(21)12-13-24(22)36-27(23)35)26-32-33(20-9-2-1-3-10-20)28(37-26)31-30-17-18-7-6-14-29-16-18/h1-17H/b30-17+,31-28-. The van der Waals surface area contributed by atoms with Crippen LogP contribution in [-0.4, -0.2) is 26.8 Å². The van der Waals surface area contributed by atoms with E-state index in [1.807, 2.05) is 66.7 Å². The van der Waals surface area contributed by atoms with Crippen molar-refractivity contribution in [3.05, 3.63) is 129 Å². The maximum atomic E-state index is 13.5. The summed E-state index contributed by atoms with van der Waals surface area (Å²) in [7, 11) is 0. The molecule has 0 saturated carbocycles. The molecule has 3 aromatic heterocycles. The number of hydrogen-bond donors (Lipinski definition) is 0. The van der Waals surface area contributed by atoms with Crippen LogP contribution in [0.2, 0.25) is 0 Å². The lowest BCUT2D eigenvalue weighted by Crippen LogP contribution is -2.16. The molecule has 0 fully saturated rings. The summed E-state index contributed by atoms with van der Waals surface area (Å²) < 4.78 is 7.04. The van der Waals surface area contributed by atoms with Crippen LogP contribution in [0.25, 0.3) is 27.4 Å². The van der Waals surface area contributed by atoms with Crippen LogP contribution in [0.1, 0.15) is 20.9 Å². The molecule has 0 aliphatic rings. The Labute approximate surface area is 213 Å². The molecule has 178 valence electrons. The van der Waals surface area contributed by atoms with Crippen LogP contribution in [0.15, 0.2) is 117 Å². The van der Waals surface area contributed by atoms with Crippen molar-refractivity contribution in [3.8, 4) is 5.69 Å². The summed E-state index contributed by atoms with van der Waals surface area (Å²) >= 11 is 1.04. The van der Waals surface area contributed by atoms with Gasteiger partial charge < -0.3 is 4.42 Å². The number of rotatable bonds is 5. The van der Waals surface area contributed by atoms with E-state index < -0.39 is 11.4 Å². The summed E-state index contributed by atoms with van der Waals surface area (Å²) in [4.78, 5) is 30.7. The fourth-order valence-corrected chi connectivity index (χ4v) is 4.74. The van der Waals surface area contributed by atoms with Gasteiger partial charge in [0.2, 0.25) is 10.6 Å². The molecule has 0 N–H and O–H groups in total. The van der Waals surface area contributed by atoms with Crippen LogP contribution in [-0.2, 0) is 0 Å². The molecular weight excluding hydrogens is 486 g/mol. The Morgan fingerprint density at radius 1 is 0.946 bits per heavy atom. The summed E-state index contributed by atoms with van der Waals surface area (Å²) in [5, 5.41) is 15.6. The Morgan fingerprint density at radius 2 is 1.78 bits per heavy atom. The molecule has 0 amide bonds. The van der Waals surface area contributed by atoms with E-state index >= 15 is 0 Å². The molecule has 0 aliphatic heterocycles. The van der Waals surface area contributed by atoms with E-state index in [0.29, 0.717) is 21.5 Å². The van der Waals surface area contributed by atoms with Crippen molar-refractivity contribution in [3.63, 3.8) is 0 Å². The minimum Gasteiger partial charge on any atom is -0.422 e. The molecule has 3 aromatic carbocycles. The van der Waals surface area contributed by atoms with Crippen molar-refractivity contribution in [2.24, 2.45) is 10.2 Å². The quantitative estimate of drug-likeness (QED) is 0.111. The highest BCUT2D eigenvalue weighted by Crippen LogP contribution is 2.25. The predicted molar refractivity (Wildman–Crippen MR) is 142 cm³/mol. The minimum atomic E-state index is -0.720. The van der Waals surface area contributed by atoms with Crippen LogP contribution in [0.3, 0.4) is 0 Å². The molecule has 0 radical (unpaired) electrons. The topological polar surface area (TPSA) is 103 Å². The van der Waals surface area contributed by atoms with Crippen LogP contribution < -0.4 is 10.4 Å². The molecule has 37 heavy (non-hydrogen) atoms. The number of carbonyl (C=O) groups is 1. The van der Waals surface area contributed by atoms with Crippen LogP contribution in [0, 0.1) is 0 Å². The highest BCUT2D eigenvalue weighted by Gasteiger charge is 2.21. The lowest BCUT2D eigenvalue weighted by atomic mass is 10.0. The first kappa shape index (κ1) is 22.4. The zero-order valence-electron chi connectivity index (χ0n) is 19.2. The zero-order valence-corrected chi connectivity index (χ0v) is 20.0.